The Morgan fingerprint density at radius 2 is 1.72 bits per heavy atom. The predicted octanol–water partition coefficient (Wildman–Crippen LogP) is 4.00. The van der Waals surface area contributed by atoms with E-state index < -0.39 is 8.32 Å². The van der Waals surface area contributed by atoms with Gasteiger partial charge in [0.05, 0.1) is 26.3 Å². The van der Waals surface area contributed by atoms with Crippen molar-refractivity contribution in [2.24, 2.45) is 0 Å². The Balaban J connectivity index is 2.07. The average molecular weight is 366 g/mol. The summed E-state index contributed by atoms with van der Waals surface area (Å²) in [5.41, 5.74) is 1.76. The monoisotopic (exact) mass is 365 g/mol. The number of fused-ring (bicyclic) bond motifs is 1. The Morgan fingerprint density at radius 1 is 1.12 bits per heavy atom. The highest BCUT2D eigenvalue weighted by molar-refractivity contribution is 6.74. The van der Waals surface area contributed by atoms with E-state index in [1.165, 1.54) is 0 Å². The van der Waals surface area contributed by atoms with E-state index in [9.17, 15) is 4.79 Å². The Kier molecular flexibility index (Phi) is 5.84. The lowest BCUT2D eigenvalue weighted by Gasteiger charge is -2.36. The molecule has 0 atom stereocenters. The van der Waals surface area contributed by atoms with Crippen LogP contribution in [-0.2, 0) is 15.6 Å². The van der Waals surface area contributed by atoms with Crippen molar-refractivity contribution < 1.29 is 18.7 Å². The van der Waals surface area contributed by atoms with E-state index in [2.05, 4.69) is 33.9 Å². The minimum Gasteiger partial charge on any atom is -0.496 e. The van der Waals surface area contributed by atoms with Crippen LogP contribution in [0.25, 0.3) is 0 Å². The summed E-state index contributed by atoms with van der Waals surface area (Å²) in [4.78, 5) is 14.3. The van der Waals surface area contributed by atoms with Crippen LogP contribution in [0.5, 0.6) is 11.5 Å². The molecule has 1 amide bonds. The smallest absolute Gasteiger partial charge is 0.231 e. The third-order valence-electron chi connectivity index (χ3n) is 5.34. The largest absolute Gasteiger partial charge is 0.496 e. The first-order valence-corrected chi connectivity index (χ1v) is 11.7. The zero-order chi connectivity index (χ0) is 18.8. The SMILES string of the molecule is COc1ccc(OC)c2c1CC(=O)N2CCCO[Si](C)(C)C(C)(C)C. The molecule has 0 aromatic heterocycles. The van der Waals surface area contributed by atoms with Crippen molar-refractivity contribution in [2.75, 3.05) is 32.3 Å². The molecule has 5 nitrogen and oxygen atoms in total. The molecule has 0 fully saturated rings. The summed E-state index contributed by atoms with van der Waals surface area (Å²) in [6.45, 7) is 12.5. The highest BCUT2D eigenvalue weighted by Gasteiger charge is 2.37. The van der Waals surface area contributed by atoms with E-state index in [4.69, 9.17) is 13.9 Å². The molecule has 0 saturated carbocycles. The van der Waals surface area contributed by atoms with Gasteiger partial charge in [0.25, 0.3) is 0 Å². The number of carbonyl (C=O) groups is 1. The Hall–Kier alpha value is -1.53. The van der Waals surface area contributed by atoms with Crippen LogP contribution in [0, 0.1) is 0 Å². The van der Waals surface area contributed by atoms with Gasteiger partial charge in [0.15, 0.2) is 8.32 Å². The lowest BCUT2D eigenvalue weighted by molar-refractivity contribution is -0.117. The lowest BCUT2D eigenvalue weighted by atomic mass is 10.1. The first kappa shape index (κ1) is 19.8. The Bertz CT molecular complexity index is 637. The normalized spacial score (nSPS) is 14.7. The molecule has 1 aliphatic heterocycles. The number of anilines is 1. The first-order chi connectivity index (χ1) is 11.6. The van der Waals surface area contributed by atoms with Gasteiger partial charge in [0, 0.05) is 18.7 Å². The minimum absolute atomic E-state index is 0.0881. The molecule has 0 saturated heterocycles. The number of rotatable bonds is 7. The van der Waals surface area contributed by atoms with Crippen LogP contribution in [-0.4, -0.2) is 41.6 Å². The van der Waals surface area contributed by atoms with Gasteiger partial charge < -0.3 is 18.8 Å². The quantitative estimate of drug-likeness (QED) is 0.541. The van der Waals surface area contributed by atoms with Crippen LogP contribution < -0.4 is 14.4 Å². The highest BCUT2D eigenvalue weighted by Crippen LogP contribution is 2.43. The van der Waals surface area contributed by atoms with Crippen molar-refractivity contribution in [2.45, 2.75) is 51.7 Å². The van der Waals surface area contributed by atoms with Crippen molar-refractivity contribution in [3.8, 4) is 11.5 Å². The number of benzene rings is 1. The summed E-state index contributed by atoms with van der Waals surface area (Å²) in [7, 11) is 1.50. The number of ether oxygens (including phenoxy) is 2. The number of hydrogen-bond acceptors (Lipinski definition) is 4. The van der Waals surface area contributed by atoms with Crippen molar-refractivity contribution in [1.82, 2.24) is 0 Å². The molecule has 0 bridgehead atoms. The zero-order valence-electron chi connectivity index (χ0n) is 16.6. The summed E-state index contributed by atoms with van der Waals surface area (Å²) < 4.78 is 17.1. The standard InChI is InChI=1S/C19H31NO4Si/c1-19(2,3)25(6,7)24-12-8-11-20-17(21)13-14-15(22-4)9-10-16(23-5)18(14)20/h9-10H,8,11-13H2,1-7H3. The van der Waals surface area contributed by atoms with E-state index in [-0.39, 0.29) is 10.9 Å². The molecule has 1 heterocycles. The van der Waals surface area contributed by atoms with E-state index >= 15 is 0 Å². The average Bonchev–Trinajstić information content (AvgIpc) is 2.86. The second kappa shape index (κ2) is 7.38. The molecule has 6 heteroatoms. The molecule has 0 spiro atoms. The zero-order valence-corrected chi connectivity index (χ0v) is 17.6. The summed E-state index contributed by atoms with van der Waals surface area (Å²) >= 11 is 0. The van der Waals surface area contributed by atoms with E-state index in [1.54, 1.807) is 14.2 Å². The summed E-state index contributed by atoms with van der Waals surface area (Å²) in [6.07, 6.45) is 1.16. The van der Waals surface area contributed by atoms with Crippen molar-refractivity contribution in [3.63, 3.8) is 0 Å². The van der Waals surface area contributed by atoms with Gasteiger partial charge >= 0.3 is 0 Å². The van der Waals surface area contributed by atoms with Gasteiger partial charge in [-0.05, 0) is 36.7 Å². The molecule has 2 rings (SSSR count). The van der Waals surface area contributed by atoms with Crippen molar-refractivity contribution in [1.29, 1.82) is 0 Å². The molecule has 0 radical (unpaired) electrons. The molecule has 0 unspecified atom stereocenters. The highest BCUT2D eigenvalue weighted by atomic mass is 28.4. The van der Waals surface area contributed by atoms with Crippen LogP contribution in [0.15, 0.2) is 12.1 Å². The molecule has 25 heavy (non-hydrogen) atoms. The Morgan fingerprint density at radius 3 is 2.28 bits per heavy atom. The van der Waals surface area contributed by atoms with Crippen LogP contribution >= 0.6 is 0 Å². The number of nitrogens with zero attached hydrogens (tertiary/aromatic N) is 1. The molecule has 1 aromatic carbocycles. The number of methoxy groups -OCH3 is 2. The number of amides is 1. The minimum atomic E-state index is -1.75. The van der Waals surface area contributed by atoms with Gasteiger partial charge in [0.1, 0.15) is 11.5 Å². The Labute approximate surface area is 152 Å². The molecule has 1 aliphatic rings. The summed E-state index contributed by atoms with van der Waals surface area (Å²) in [5, 5.41) is 0.194. The van der Waals surface area contributed by atoms with Gasteiger partial charge in [-0.1, -0.05) is 20.8 Å². The van der Waals surface area contributed by atoms with E-state index in [1.807, 2.05) is 17.0 Å². The second-order valence-corrected chi connectivity index (χ2v) is 12.8. The van der Waals surface area contributed by atoms with Crippen LogP contribution in [0.4, 0.5) is 5.69 Å². The lowest BCUT2D eigenvalue weighted by Crippen LogP contribution is -2.41. The number of hydrogen-bond donors (Lipinski definition) is 0. The van der Waals surface area contributed by atoms with Gasteiger partial charge in [-0.25, -0.2) is 0 Å². The van der Waals surface area contributed by atoms with Crippen molar-refractivity contribution >= 4 is 19.9 Å². The molecular weight excluding hydrogens is 334 g/mol. The fourth-order valence-electron chi connectivity index (χ4n) is 2.79. The molecular formula is C19H31NO4Si. The maximum atomic E-state index is 12.5. The number of carbonyl (C=O) groups excluding carboxylic acids is 1. The topological polar surface area (TPSA) is 48.0 Å². The van der Waals surface area contributed by atoms with E-state index in [0.717, 1.165) is 23.4 Å². The third-order valence-corrected chi connectivity index (χ3v) is 9.87. The van der Waals surface area contributed by atoms with Crippen LogP contribution in [0.2, 0.25) is 18.1 Å². The van der Waals surface area contributed by atoms with Crippen LogP contribution in [0.3, 0.4) is 0 Å². The summed E-state index contributed by atoms with van der Waals surface area (Å²) in [6, 6.07) is 3.71. The predicted molar refractivity (Wildman–Crippen MR) is 103 cm³/mol. The van der Waals surface area contributed by atoms with Crippen molar-refractivity contribution in [3.05, 3.63) is 17.7 Å². The van der Waals surface area contributed by atoms with Gasteiger partial charge in [-0.2, -0.15) is 0 Å². The fraction of sp³-hybridized carbons (Fsp3) is 0.632. The first-order valence-electron chi connectivity index (χ1n) is 8.80. The molecule has 140 valence electrons. The molecule has 1 aromatic rings. The third kappa shape index (κ3) is 4.01. The maximum absolute atomic E-state index is 12.5. The second-order valence-electron chi connectivity index (χ2n) is 7.98. The molecule has 0 aliphatic carbocycles. The van der Waals surface area contributed by atoms with Crippen LogP contribution in [0.1, 0.15) is 32.8 Å². The van der Waals surface area contributed by atoms with Gasteiger partial charge in [-0.3, -0.25) is 4.79 Å². The van der Waals surface area contributed by atoms with Gasteiger partial charge in [0.2, 0.25) is 5.91 Å². The maximum Gasteiger partial charge on any atom is 0.231 e. The van der Waals surface area contributed by atoms with E-state index in [0.29, 0.717) is 25.3 Å². The summed E-state index contributed by atoms with van der Waals surface area (Å²) in [5.74, 6) is 1.54. The molecule has 0 N–H and O–H groups in total. The van der Waals surface area contributed by atoms with Gasteiger partial charge in [-0.15, -0.1) is 0 Å². The fourth-order valence-corrected chi connectivity index (χ4v) is 3.88.